The summed E-state index contributed by atoms with van der Waals surface area (Å²) in [6.45, 7) is 1.85. The molecule has 0 aliphatic carbocycles. The molecule has 4 nitrogen and oxygen atoms in total. The second kappa shape index (κ2) is 2.74. The molecule has 11 heavy (non-hydrogen) atoms. The molecular weight excluding hydrogens is 142 g/mol. The zero-order valence-electron chi connectivity index (χ0n) is 6.88. The van der Waals surface area contributed by atoms with Crippen LogP contribution in [-0.4, -0.2) is 22.7 Å². The van der Waals surface area contributed by atoms with E-state index in [2.05, 4.69) is 10.4 Å². The van der Waals surface area contributed by atoms with Crippen molar-refractivity contribution in [1.82, 2.24) is 15.1 Å². The van der Waals surface area contributed by atoms with Crippen LogP contribution in [-0.2, 0) is 7.05 Å². The van der Waals surface area contributed by atoms with Crippen molar-refractivity contribution in [1.29, 1.82) is 0 Å². The lowest BCUT2D eigenvalue weighted by Gasteiger charge is -1.97. The first-order valence-corrected chi connectivity index (χ1v) is 3.38. The highest BCUT2D eigenvalue weighted by Crippen LogP contribution is 2.00. The molecule has 0 aliphatic rings. The van der Waals surface area contributed by atoms with Crippen LogP contribution < -0.4 is 5.32 Å². The van der Waals surface area contributed by atoms with E-state index < -0.39 is 0 Å². The SMILES string of the molecule is CNC(=O)c1cc(C)nn1C. The van der Waals surface area contributed by atoms with Gasteiger partial charge in [0, 0.05) is 14.1 Å². The van der Waals surface area contributed by atoms with Gasteiger partial charge in [0.15, 0.2) is 0 Å². The van der Waals surface area contributed by atoms with Crippen LogP contribution in [0, 0.1) is 6.92 Å². The smallest absolute Gasteiger partial charge is 0.269 e. The highest BCUT2D eigenvalue weighted by atomic mass is 16.1. The van der Waals surface area contributed by atoms with Gasteiger partial charge in [0.25, 0.3) is 5.91 Å². The van der Waals surface area contributed by atoms with Crippen LogP contribution in [0.15, 0.2) is 6.07 Å². The zero-order chi connectivity index (χ0) is 8.43. The van der Waals surface area contributed by atoms with Crippen LogP contribution in [0.3, 0.4) is 0 Å². The van der Waals surface area contributed by atoms with Crippen molar-refractivity contribution in [2.24, 2.45) is 7.05 Å². The Morgan fingerprint density at radius 1 is 1.73 bits per heavy atom. The molecule has 0 unspecified atom stereocenters. The van der Waals surface area contributed by atoms with Gasteiger partial charge in [0.2, 0.25) is 0 Å². The van der Waals surface area contributed by atoms with Gasteiger partial charge in [-0.1, -0.05) is 0 Å². The van der Waals surface area contributed by atoms with E-state index in [1.807, 2.05) is 6.92 Å². The van der Waals surface area contributed by atoms with E-state index >= 15 is 0 Å². The summed E-state index contributed by atoms with van der Waals surface area (Å²) in [6.07, 6.45) is 0. The monoisotopic (exact) mass is 153 g/mol. The normalized spacial score (nSPS) is 9.73. The Labute approximate surface area is 65.2 Å². The molecule has 1 aromatic rings. The Morgan fingerprint density at radius 3 is 2.73 bits per heavy atom. The molecule has 60 valence electrons. The Balaban J connectivity index is 3.03. The number of hydrogen-bond donors (Lipinski definition) is 1. The number of nitrogens with zero attached hydrogens (tertiary/aromatic N) is 2. The van der Waals surface area contributed by atoms with Gasteiger partial charge in [0.1, 0.15) is 5.69 Å². The Hall–Kier alpha value is -1.32. The molecule has 1 heterocycles. The molecule has 0 aliphatic heterocycles. The number of rotatable bonds is 1. The number of aryl methyl sites for hydroxylation is 2. The van der Waals surface area contributed by atoms with Gasteiger partial charge in [-0.05, 0) is 13.0 Å². The summed E-state index contributed by atoms with van der Waals surface area (Å²) in [5, 5.41) is 6.57. The lowest BCUT2D eigenvalue weighted by molar-refractivity contribution is 0.0954. The molecule has 0 radical (unpaired) electrons. The number of carbonyl (C=O) groups is 1. The first-order chi connectivity index (χ1) is 5.15. The molecule has 0 saturated heterocycles. The summed E-state index contributed by atoms with van der Waals surface area (Å²) in [4.78, 5) is 11.1. The van der Waals surface area contributed by atoms with E-state index in [-0.39, 0.29) is 5.91 Å². The van der Waals surface area contributed by atoms with Gasteiger partial charge in [0.05, 0.1) is 5.69 Å². The van der Waals surface area contributed by atoms with Crippen LogP contribution in [0.25, 0.3) is 0 Å². The molecule has 0 fully saturated rings. The van der Waals surface area contributed by atoms with E-state index in [4.69, 9.17) is 0 Å². The van der Waals surface area contributed by atoms with Crippen LogP contribution in [0.5, 0.6) is 0 Å². The Morgan fingerprint density at radius 2 is 2.36 bits per heavy atom. The van der Waals surface area contributed by atoms with Crippen molar-refractivity contribution in [3.05, 3.63) is 17.5 Å². The standard InChI is InChI=1S/C7H11N3O/c1-5-4-6(7(11)8-2)10(3)9-5/h4H,1-3H3,(H,8,11). The summed E-state index contributed by atoms with van der Waals surface area (Å²) in [6, 6.07) is 1.75. The van der Waals surface area contributed by atoms with E-state index in [0.29, 0.717) is 5.69 Å². The van der Waals surface area contributed by atoms with E-state index in [1.165, 1.54) is 0 Å². The lowest BCUT2D eigenvalue weighted by Crippen LogP contribution is -2.20. The molecule has 0 atom stereocenters. The van der Waals surface area contributed by atoms with Gasteiger partial charge in [-0.2, -0.15) is 5.10 Å². The highest BCUT2D eigenvalue weighted by Gasteiger charge is 2.08. The van der Waals surface area contributed by atoms with E-state index in [1.54, 1.807) is 24.8 Å². The predicted octanol–water partition coefficient (Wildman–Crippen LogP) is 0.0881. The van der Waals surface area contributed by atoms with Crippen molar-refractivity contribution in [3.63, 3.8) is 0 Å². The fourth-order valence-corrected chi connectivity index (χ4v) is 0.951. The van der Waals surface area contributed by atoms with Gasteiger partial charge >= 0.3 is 0 Å². The van der Waals surface area contributed by atoms with Gasteiger partial charge in [-0.15, -0.1) is 0 Å². The fourth-order valence-electron chi connectivity index (χ4n) is 0.951. The first kappa shape index (κ1) is 7.78. The molecule has 4 heteroatoms. The summed E-state index contributed by atoms with van der Waals surface area (Å²) in [5.74, 6) is -0.104. The number of hydrogen-bond acceptors (Lipinski definition) is 2. The average Bonchev–Trinajstić information content (AvgIpc) is 2.28. The zero-order valence-corrected chi connectivity index (χ0v) is 6.88. The first-order valence-electron chi connectivity index (χ1n) is 3.38. The predicted molar refractivity (Wildman–Crippen MR) is 41.3 cm³/mol. The lowest BCUT2D eigenvalue weighted by atomic mass is 10.3. The van der Waals surface area contributed by atoms with Crippen molar-refractivity contribution in [2.75, 3.05) is 7.05 Å². The van der Waals surface area contributed by atoms with Crippen LogP contribution in [0.1, 0.15) is 16.2 Å². The van der Waals surface area contributed by atoms with Crippen molar-refractivity contribution in [3.8, 4) is 0 Å². The maximum absolute atomic E-state index is 11.1. The number of carbonyl (C=O) groups excluding carboxylic acids is 1. The van der Waals surface area contributed by atoms with Crippen molar-refractivity contribution >= 4 is 5.91 Å². The molecule has 0 saturated carbocycles. The summed E-state index contributed by atoms with van der Waals surface area (Å²) in [7, 11) is 3.35. The van der Waals surface area contributed by atoms with Crippen molar-refractivity contribution in [2.45, 2.75) is 6.92 Å². The maximum Gasteiger partial charge on any atom is 0.269 e. The summed E-state index contributed by atoms with van der Waals surface area (Å²) >= 11 is 0. The summed E-state index contributed by atoms with van der Waals surface area (Å²) in [5.41, 5.74) is 1.44. The van der Waals surface area contributed by atoms with Gasteiger partial charge in [-0.25, -0.2) is 0 Å². The van der Waals surface area contributed by atoms with Crippen LogP contribution in [0.4, 0.5) is 0 Å². The molecule has 1 N–H and O–H groups in total. The second-order valence-corrected chi connectivity index (χ2v) is 2.37. The summed E-state index contributed by atoms with van der Waals surface area (Å²) < 4.78 is 1.56. The van der Waals surface area contributed by atoms with Gasteiger partial charge < -0.3 is 5.32 Å². The average molecular weight is 153 g/mol. The van der Waals surface area contributed by atoms with Crippen LogP contribution in [0.2, 0.25) is 0 Å². The molecule has 1 amide bonds. The Bertz CT molecular complexity index is 277. The molecule has 1 rings (SSSR count). The topological polar surface area (TPSA) is 46.9 Å². The van der Waals surface area contributed by atoms with E-state index in [0.717, 1.165) is 5.69 Å². The third-order valence-corrected chi connectivity index (χ3v) is 1.46. The third-order valence-electron chi connectivity index (χ3n) is 1.46. The maximum atomic E-state index is 11.1. The minimum absolute atomic E-state index is 0.104. The number of amides is 1. The minimum atomic E-state index is -0.104. The number of nitrogens with one attached hydrogen (secondary N) is 1. The highest BCUT2D eigenvalue weighted by molar-refractivity contribution is 5.92. The molecule has 0 spiro atoms. The molecule has 0 bridgehead atoms. The molecule has 0 aromatic carbocycles. The Kier molecular flexibility index (Phi) is 1.94. The van der Waals surface area contributed by atoms with E-state index in [9.17, 15) is 4.79 Å². The second-order valence-electron chi connectivity index (χ2n) is 2.37. The quantitative estimate of drug-likeness (QED) is 0.621. The van der Waals surface area contributed by atoms with Crippen molar-refractivity contribution < 1.29 is 4.79 Å². The van der Waals surface area contributed by atoms with Crippen LogP contribution >= 0.6 is 0 Å². The largest absolute Gasteiger partial charge is 0.354 e. The third kappa shape index (κ3) is 1.39. The molecular formula is C7H11N3O. The van der Waals surface area contributed by atoms with Gasteiger partial charge in [-0.3, -0.25) is 9.48 Å². The molecule has 1 aromatic heterocycles. The fraction of sp³-hybridized carbons (Fsp3) is 0.429. The number of aromatic nitrogens is 2. The minimum Gasteiger partial charge on any atom is -0.354 e.